The number of aromatic nitrogens is 5. The zero-order valence-corrected chi connectivity index (χ0v) is 15.1. The van der Waals surface area contributed by atoms with Crippen LogP contribution in [-0.4, -0.2) is 68.4 Å². The van der Waals surface area contributed by atoms with Crippen LogP contribution in [0, 0.1) is 0 Å². The third-order valence-electron chi connectivity index (χ3n) is 3.66. The van der Waals surface area contributed by atoms with Gasteiger partial charge in [-0.1, -0.05) is 11.6 Å². The lowest BCUT2D eigenvalue weighted by molar-refractivity contribution is 0.0240. The molecule has 0 bridgehead atoms. The van der Waals surface area contributed by atoms with E-state index in [-0.39, 0.29) is 6.09 Å². The highest BCUT2D eigenvalue weighted by molar-refractivity contribution is 6.33. The van der Waals surface area contributed by atoms with Gasteiger partial charge in [0.2, 0.25) is 5.82 Å². The summed E-state index contributed by atoms with van der Waals surface area (Å²) in [6, 6.07) is 1.76. The molecule has 1 aliphatic rings. The molecule has 1 saturated heterocycles. The number of nitrogens with one attached hydrogen (secondary N) is 1. The van der Waals surface area contributed by atoms with E-state index in [9.17, 15) is 4.79 Å². The molecule has 10 heteroatoms. The van der Waals surface area contributed by atoms with E-state index in [4.69, 9.17) is 16.3 Å². The molecule has 0 atom stereocenters. The summed E-state index contributed by atoms with van der Waals surface area (Å²) in [6.07, 6.45) is 1.37. The number of pyridine rings is 1. The number of carbonyl (C=O) groups excluding carboxylic acids is 1. The minimum absolute atomic E-state index is 0.293. The van der Waals surface area contributed by atoms with Crippen molar-refractivity contribution < 1.29 is 9.53 Å². The number of halogens is 1. The van der Waals surface area contributed by atoms with Crippen molar-refractivity contribution in [1.29, 1.82) is 0 Å². The topological polar surface area (TPSA) is 100 Å². The second-order valence-corrected chi connectivity index (χ2v) is 7.13. The minimum atomic E-state index is -0.496. The Kier molecular flexibility index (Phi) is 4.76. The molecule has 0 unspecified atom stereocenters. The number of anilines is 1. The van der Waals surface area contributed by atoms with E-state index >= 15 is 0 Å². The molecule has 1 N–H and O–H groups in total. The van der Waals surface area contributed by atoms with Crippen LogP contribution in [0.2, 0.25) is 5.02 Å². The molecule has 1 aliphatic heterocycles. The molecule has 25 heavy (non-hydrogen) atoms. The van der Waals surface area contributed by atoms with Crippen molar-refractivity contribution >= 4 is 23.5 Å². The van der Waals surface area contributed by atoms with Crippen molar-refractivity contribution in [2.75, 3.05) is 31.1 Å². The predicted molar refractivity (Wildman–Crippen MR) is 92.4 cm³/mol. The van der Waals surface area contributed by atoms with Gasteiger partial charge in [0.05, 0.1) is 5.02 Å². The van der Waals surface area contributed by atoms with Gasteiger partial charge in [-0.05, 0) is 32.1 Å². The summed E-state index contributed by atoms with van der Waals surface area (Å²) in [5, 5.41) is 14.2. The highest BCUT2D eigenvalue weighted by Crippen LogP contribution is 2.28. The van der Waals surface area contributed by atoms with Gasteiger partial charge in [-0.25, -0.2) is 9.78 Å². The average Bonchev–Trinajstić information content (AvgIpc) is 3.08. The smallest absolute Gasteiger partial charge is 0.410 e. The molecule has 134 valence electrons. The number of hydrogen-bond donors (Lipinski definition) is 1. The molecule has 9 nitrogen and oxygen atoms in total. The number of carbonyl (C=O) groups is 1. The summed E-state index contributed by atoms with van der Waals surface area (Å²) in [5.41, 5.74) is 0.194. The fourth-order valence-electron chi connectivity index (χ4n) is 2.50. The third kappa shape index (κ3) is 4.16. The normalized spacial score (nSPS) is 15.4. The van der Waals surface area contributed by atoms with Crippen molar-refractivity contribution in [3.63, 3.8) is 0 Å². The Balaban J connectivity index is 1.64. The molecule has 2 aromatic rings. The van der Waals surface area contributed by atoms with E-state index in [0.717, 1.165) is 0 Å². The number of H-pyrrole nitrogens is 1. The van der Waals surface area contributed by atoms with Crippen molar-refractivity contribution in [3.05, 3.63) is 17.3 Å². The summed E-state index contributed by atoms with van der Waals surface area (Å²) in [5.74, 6) is 1.12. The van der Waals surface area contributed by atoms with Crippen LogP contribution in [0.25, 0.3) is 11.4 Å². The Morgan fingerprint density at radius 1 is 1.28 bits per heavy atom. The third-order valence-corrected chi connectivity index (χ3v) is 3.93. The lowest BCUT2D eigenvalue weighted by atomic mass is 10.2. The van der Waals surface area contributed by atoms with Gasteiger partial charge in [-0.3, -0.25) is 0 Å². The average molecular weight is 366 g/mol. The Labute approximate surface area is 150 Å². The van der Waals surface area contributed by atoms with Crippen molar-refractivity contribution in [1.82, 2.24) is 30.5 Å². The molecular formula is C15H20ClN7O2. The summed E-state index contributed by atoms with van der Waals surface area (Å²) in [7, 11) is 0. The molecule has 1 fully saturated rings. The monoisotopic (exact) mass is 365 g/mol. The number of tetrazole rings is 1. The van der Waals surface area contributed by atoms with Crippen LogP contribution in [0.1, 0.15) is 20.8 Å². The molecule has 0 aromatic carbocycles. The van der Waals surface area contributed by atoms with E-state index in [1.54, 1.807) is 17.2 Å². The van der Waals surface area contributed by atoms with Gasteiger partial charge in [0.25, 0.3) is 0 Å². The Morgan fingerprint density at radius 2 is 2.00 bits per heavy atom. The van der Waals surface area contributed by atoms with Crippen LogP contribution >= 0.6 is 11.6 Å². The largest absolute Gasteiger partial charge is 0.444 e. The quantitative estimate of drug-likeness (QED) is 0.868. The number of amides is 1. The van der Waals surface area contributed by atoms with Gasteiger partial charge in [-0.15, -0.1) is 10.2 Å². The first-order chi connectivity index (χ1) is 11.8. The van der Waals surface area contributed by atoms with Crippen LogP contribution in [0.15, 0.2) is 12.3 Å². The maximum absolute atomic E-state index is 12.1. The number of ether oxygens (including phenoxy) is 1. The predicted octanol–water partition coefficient (Wildman–Crippen LogP) is 1.97. The Bertz CT molecular complexity index is 737. The van der Waals surface area contributed by atoms with Crippen LogP contribution < -0.4 is 4.90 Å². The van der Waals surface area contributed by atoms with Gasteiger partial charge in [0.15, 0.2) is 0 Å². The first-order valence-electron chi connectivity index (χ1n) is 7.96. The fourth-order valence-corrected chi connectivity index (χ4v) is 2.78. The van der Waals surface area contributed by atoms with Crippen molar-refractivity contribution in [3.8, 4) is 11.4 Å². The zero-order chi connectivity index (χ0) is 18.0. The van der Waals surface area contributed by atoms with E-state index < -0.39 is 5.60 Å². The summed E-state index contributed by atoms with van der Waals surface area (Å²) >= 11 is 6.37. The minimum Gasteiger partial charge on any atom is -0.444 e. The highest BCUT2D eigenvalue weighted by Gasteiger charge is 2.27. The first-order valence-corrected chi connectivity index (χ1v) is 8.33. The number of piperazine rings is 1. The zero-order valence-electron chi connectivity index (χ0n) is 14.4. The van der Waals surface area contributed by atoms with Crippen LogP contribution in [-0.2, 0) is 4.74 Å². The van der Waals surface area contributed by atoms with E-state index in [2.05, 4.69) is 25.6 Å². The fraction of sp³-hybridized carbons (Fsp3) is 0.533. The first kappa shape index (κ1) is 17.4. The van der Waals surface area contributed by atoms with Crippen molar-refractivity contribution in [2.45, 2.75) is 26.4 Å². The number of rotatable bonds is 2. The van der Waals surface area contributed by atoms with Gasteiger partial charge in [0.1, 0.15) is 11.4 Å². The molecule has 3 rings (SSSR count). The molecule has 3 heterocycles. The molecule has 0 spiro atoms. The number of aromatic amines is 1. The Morgan fingerprint density at radius 3 is 2.56 bits per heavy atom. The molecule has 0 radical (unpaired) electrons. The second-order valence-electron chi connectivity index (χ2n) is 6.72. The van der Waals surface area contributed by atoms with E-state index in [0.29, 0.717) is 48.4 Å². The molecule has 1 amide bonds. The highest BCUT2D eigenvalue weighted by atomic mass is 35.5. The maximum atomic E-state index is 12.1. The second kappa shape index (κ2) is 6.83. The van der Waals surface area contributed by atoms with Gasteiger partial charge < -0.3 is 14.5 Å². The van der Waals surface area contributed by atoms with Gasteiger partial charge in [0, 0.05) is 37.9 Å². The summed E-state index contributed by atoms with van der Waals surface area (Å²) in [6.45, 7) is 7.95. The molecule has 0 aliphatic carbocycles. The molecule has 0 saturated carbocycles. The van der Waals surface area contributed by atoms with Crippen LogP contribution in [0.4, 0.5) is 10.6 Å². The molecule has 2 aromatic heterocycles. The Hall–Kier alpha value is -2.42. The van der Waals surface area contributed by atoms with Crippen LogP contribution in [0.5, 0.6) is 0 Å². The lowest BCUT2D eigenvalue weighted by Gasteiger charge is -2.36. The van der Waals surface area contributed by atoms with Crippen molar-refractivity contribution in [2.24, 2.45) is 0 Å². The summed E-state index contributed by atoms with van der Waals surface area (Å²) < 4.78 is 5.40. The summed E-state index contributed by atoms with van der Waals surface area (Å²) in [4.78, 5) is 20.3. The standard InChI is InChI=1S/C15H20ClN7O2/c1-15(2,3)25-14(24)23-6-4-22(5-7-23)13-11(16)8-10(9-17-13)12-18-20-21-19-12/h8-9H,4-7H2,1-3H3,(H,18,19,20,21). The van der Waals surface area contributed by atoms with Gasteiger partial charge in [-0.2, -0.15) is 5.21 Å². The molecular weight excluding hydrogens is 346 g/mol. The van der Waals surface area contributed by atoms with E-state index in [1.807, 2.05) is 25.7 Å². The number of nitrogens with zero attached hydrogens (tertiary/aromatic N) is 6. The number of hydrogen-bond acceptors (Lipinski definition) is 7. The maximum Gasteiger partial charge on any atom is 0.410 e. The van der Waals surface area contributed by atoms with Crippen LogP contribution in [0.3, 0.4) is 0 Å². The van der Waals surface area contributed by atoms with Gasteiger partial charge >= 0.3 is 6.09 Å². The van der Waals surface area contributed by atoms with E-state index in [1.165, 1.54) is 0 Å². The lowest BCUT2D eigenvalue weighted by Crippen LogP contribution is -2.50. The SMILES string of the molecule is CC(C)(C)OC(=O)N1CCN(c2ncc(-c3nn[nH]n3)cc2Cl)CC1.